The zero-order valence-corrected chi connectivity index (χ0v) is 24.4. The molecule has 2 aromatic rings. The molecule has 0 radical (unpaired) electrons. The van der Waals surface area contributed by atoms with Gasteiger partial charge in [-0.05, 0) is 24.0 Å². The van der Waals surface area contributed by atoms with Gasteiger partial charge in [0.05, 0.1) is 19.6 Å². The summed E-state index contributed by atoms with van der Waals surface area (Å²) in [5.41, 5.74) is 1.62. The number of carbonyl (C=O) groups excluding carboxylic acids is 4. The van der Waals surface area contributed by atoms with Gasteiger partial charge in [0.1, 0.15) is 24.9 Å². The summed E-state index contributed by atoms with van der Waals surface area (Å²) in [5.74, 6) is 4.58. The molecule has 228 valence electrons. The van der Waals surface area contributed by atoms with Gasteiger partial charge in [-0.3, -0.25) is 9.59 Å². The van der Waals surface area contributed by atoms with E-state index in [1.54, 1.807) is 0 Å². The number of urea groups is 1. The molecule has 11 heteroatoms. The molecule has 2 aromatic carbocycles. The van der Waals surface area contributed by atoms with Crippen LogP contribution in [0.15, 0.2) is 73.3 Å². The third-order valence-corrected chi connectivity index (χ3v) is 7.39. The van der Waals surface area contributed by atoms with E-state index >= 15 is 0 Å². The molecule has 0 spiro atoms. The third kappa shape index (κ3) is 7.38. The van der Waals surface area contributed by atoms with E-state index in [-0.39, 0.29) is 57.6 Å². The quantitative estimate of drug-likeness (QED) is 0.234. The first kappa shape index (κ1) is 31.7. The molecule has 0 unspecified atom stereocenters. The topological polar surface area (TPSA) is 115 Å². The number of hydrogen-bond acceptors (Lipinski definition) is 6. The van der Waals surface area contributed by atoms with Crippen molar-refractivity contribution in [2.45, 2.75) is 37.6 Å². The van der Waals surface area contributed by atoms with Crippen molar-refractivity contribution < 1.29 is 23.9 Å². The van der Waals surface area contributed by atoms with Gasteiger partial charge in [-0.15, -0.1) is 12.8 Å². The Kier molecular flexibility index (Phi) is 11.0. The van der Waals surface area contributed by atoms with Crippen molar-refractivity contribution in [3.05, 3.63) is 84.4 Å². The number of hydrazine groups is 1. The second-order valence-electron chi connectivity index (χ2n) is 10.2. The Morgan fingerprint density at radius 3 is 2.43 bits per heavy atom. The molecule has 0 saturated carbocycles. The summed E-state index contributed by atoms with van der Waals surface area (Å²) in [6.07, 6.45) is 12.2. The van der Waals surface area contributed by atoms with Gasteiger partial charge in [0.25, 0.3) is 0 Å². The number of ether oxygens (including phenoxy) is 1. The Labute approximate surface area is 257 Å². The maximum atomic E-state index is 14.1. The summed E-state index contributed by atoms with van der Waals surface area (Å²) < 4.78 is 4.95. The molecular formula is C33H36N6O5. The Hall–Kier alpha value is -5.26. The van der Waals surface area contributed by atoms with E-state index in [2.05, 4.69) is 29.1 Å². The van der Waals surface area contributed by atoms with E-state index in [4.69, 9.17) is 17.6 Å². The highest BCUT2D eigenvalue weighted by molar-refractivity contribution is 5.92. The average Bonchev–Trinajstić information content (AvgIpc) is 3.03. The molecule has 2 aliphatic heterocycles. The summed E-state index contributed by atoms with van der Waals surface area (Å²) in [6.45, 7) is 3.81. The predicted molar refractivity (Wildman–Crippen MR) is 164 cm³/mol. The molecule has 2 heterocycles. The number of rotatable bonds is 11. The molecule has 2 saturated heterocycles. The minimum Gasteiger partial charge on any atom is -0.445 e. The molecule has 2 fully saturated rings. The van der Waals surface area contributed by atoms with Gasteiger partial charge < -0.3 is 25.2 Å². The number of hydrogen-bond donors (Lipinski definition) is 2. The van der Waals surface area contributed by atoms with Crippen LogP contribution in [-0.2, 0) is 20.9 Å². The van der Waals surface area contributed by atoms with Crippen LogP contribution >= 0.6 is 0 Å². The Bertz CT molecular complexity index is 1420. The van der Waals surface area contributed by atoms with Crippen molar-refractivity contribution in [3.8, 4) is 24.7 Å². The second-order valence-corrected chi connectivity index (χ2v) is 10.2. The number of piperazine rings is 1. The highest BCUT2D eigenvalue weighted by Gasteiger charge is 2.52. The van der Waals surface area contributed by atoms with Gasteiger partial charge in [0.15, 0.2) is 0 Å². The van der Waals surface area contributed by atoms with E-state index in [0.717, 1.165) is 11.1 Å². The van der Waals surface area contributed by atoms with Crippen molar-refractivity contribution in [1.29, 1.82) is 0 Å². The lowest BCUT2D eigenvalue weighted by molar-refractivity contribution is -0.190. The molecule has 5 amide bonds. The zero-order valence-electron chi connectivity index (χ0n) is 24.4. The lowest BCUT2D eigenvalue weighted by Gasteiger charge is -2.55. The first-order chi connectivity index (χ1) is 21.4. The van der Waals surface area contributed by atoms with E-state index < -0.39 is 30.4 Å². The fourth-order valence-electron chi connectivity index (χ4n) is 5.43. The molecule has 0 aromatic heterocycles. The van der Waals surface area contributed by atoms with Crippen LogP contribution in [0.2, 0.25) is 0 Å². The van der Waals surface area contributed by atoms with Gasteiger partial charge in [-0.25, -0.2) is 14.6 Å². The van der Waals surface area contributed by atoms with Crippen LogP contribution in [0.1, 0.15) is 30.0 Å². The van der Waals surface area contributed by atoms with E-state index in [0.29, 0.717) is 6.42 Å². The summed E-state index contributed by atoms with van der Waals surface area (Å²) >= 11 is 0. The van der Waals surface area contributed by atoms with Crippen molar-refractivity contribution in [2.75, 3.05) is 32.8 Å². The van der Waals surface area contributed by atoms with Crippen LogP contribution < -0.4 is 10.6 Å². The molecule has 44 heavy (non-hydrogen) atoms. The Morgan fingerprint density at radius 1 is 1.07 bits per heavy atom. The number of nitrogens with one attached hydrogen (secondary N) is 2. The van der Waals surface area contributed by atoms with Gasteiger partial charge in [-0.2, -0.15) is 5.01 Å². The number of benzene rings is 2. The number of fused-ring (bicyclic) bond motifs is 1. The standard InChI is InChI=1S/C33H36N6O5/c1-4-20-36-24-30(40)38-28(18-13-19-34-33(43)44-21-5-2)31(41)37(27(6-3)26-16-11-8-12-17-26)23-29(38)39(36)32(42)35-22-25-14-9-7-10-15-25/h1,3,5,7-12,14-17,27-29H,2,13,18-24H2,(H,34,43)(H,35,42)/t27-,28-,29-/m0/s1. The van der Waals surface area contributed by atoms with Crippen LogP contribution in [0.5, 0.6) is 0 Å². The first-order valence-electron chi connectivity index (χ1n) is 14.3. The summed E-state index contributed by atoms with van der Waals surface area (Å²) in [5, 5.41) is 8.51. The van der Waals surface area contributed by atoms with Crippen LogP contribution in [0, 0.1) is 24.7 Å². The fraction of sp³-hybridized carbons (Fsp3) is 0.333. The van der Waals surface area contributed by atoms with Gasteiger partial charge in [0, 0.05) is 13.1 Å². The van der Waals surface area contributed by atoms with E-state index in [1.165, 1.54) is 25.9 Å². The predicted octanol–water partition coefficient (Wildman–Crippen LogP) is 2.49. The van der Waals surface area contributed by atoms with Crippen molar-refractivity contribution in [2.24, 2.45) is 0 Å². The molecule has 4 rings (SSSR count). The maximum absolute atomic E-state index is 14.1. The normalized spacial score (nSPS) is 18.8. The Morgan fingerprint density at radius 2 is 1.77 bits per heavy atom. The fourth-order valence-corrected chi connectivity index (χ4v) is 5.43. The first-order valence-corrected chi connectivity index (χ1v) is 14.3. The average molecular weight is 597 g/mol. The lowest BCUT2D eigenvalue weighted by atomic mass is 9.97. The summed E-state index contributed by atoms with van der Waals surface area (Å²) in [7, 11) is 0. The molecule has 0 bridgehead atoms. The molecular weight excluding hydrogens is 560 g/mol. The molecule has 2 aliphatic rings. The Balaban J connectivity index is 1.64. The maximum Gasteiger partial charge on any atom is 0.407 e. The third-order valence-electron chi connectivity index (χ3n) is 7.39. The lowest BCUT2D eigenvalue weighted by Crippen LogP contribution is -2.76. The van der Waals surface area contributed by atoms with Crippen molar-refractivity contribution >= 4 is 23.9 Å². The number of carbonyl (C=O) groups is 4. The number of amides is 5. The summed E-state index contributed by atoms with van der Waals surface area (Å²) in [6, 6.07) is 16.4. The van der Waals surface area contributed by atoms with Gasteiger partial charge in [0.2, 0.25) is 11.8 Å². The summed E-state index contributed by atoms with van der Waals surface area (Å²) in [4.78, 5) is 56.4. The van der Waals surface area contributed by atoms with Gasteiger partial charge in [-0.1, -0.05) is 85.2 Å². The van der Waals surface area contributed by atoms with E-state index in [9.17, 15) is 19.2 Å². The number of terminal acetylenes is 2. The van der Waals surface area contributed by atoms with Crippen LogP contribution in [0.25, 0.3) is 0 Å². The van der Waals surface area contributed by atoms with Crippen molar-refractivity contribution in [1.82, 2.24) is 30.5 Å². The zero-order chi connectivity index (χ0) is 31.5. The largest absolute Gasteiger partial charge is 0.445 e. The van der Waals surface area contributed by atoms with Crippen LogP contribution in [0.4, 0.5) is 9.59 Å². The van der Waals surface area contributed by atoms with Crippen LogP contribution in [-0.4, -0.2) is 88.7 Å². The van der Waals surface area contributed by atoms with Gasteiger partial charge >= 0.3 is 12.1 Å². The second kappa shape index (κ2) is 15.3. The molecule has 3 atom stereocenters. The molecule has 11 nitrogen and oxygen atoms in total. The van der Waals surface area contributed by atoms with Crippen molar-refractivity contribution in [3.63, 3.8) is 0 Å². The SMILES string of the molecule is C#CCN1CC(=O)N2[C@@H](CCCNC(=O)OCC=C)C(=O)N([C@@H](C#C)c3ccccc3)C[C@@H]2N1C(=O)NCc1ccccc1. The minimum absolute atomic E-state index is 0.00143. The molecule has 2 N–H and O–H groups in total. The molecule has 0 aliphatic carbocycles. The smallest absolute Gasteiger partial charge is 0.407 e. The van der Waals surface area contributed by atoms with Crippen LogP contribution in [0.3, 0.4) is 0 Å². The highest BCUT2D eigenvalue weighted by atomic mass is 16.5. The monoisotopic (exact) mass is 596 g/mol. The number of nitrogens with zero attached hydrogens (tertiary/aromatic N) is 4. The minimum atomic E-state index is -0.941. The highest BCUT2D eigenvalue weighted by Crippen LogP contribution is 2.33. The number of alkyl carbamates (subject to hydrolysis) is 1. The van der Waals surface area contributed by atoms with E-state index in [1.807, 2.05) is 60.7 Å².